The highest BCUT2D eigenvalue weighted by molar-refractivity contribution is 5.45. The van der Waals surface area contributed by atoms with Crippen molar-refractivity contribution >= 4 is 11.8 Å². The molecule has 6 heteroatoms. The minimum absolute atomic E-state index is 0.168. The number of benzene rings is 1. The van der Waals surface area contributed by atoms with Gasteiger partial charge >= 0.3 is 0 Å². The molecule has 128 valence electrons. The van der Waals surface area contributed by atoms with Gasteiger partial charge in [0.05, 0.1) is 0 Å². The zero-order chi connectivity index (χ0) is 17.1. The Morgan fingerprint density at radius 1 is 1.08 bits per heavy atom. The van der Waals surface area contributed by atoms with Crippen molar-refractivity contribution in [1.29, 1.82) is 0 Å². The second-order valence-corrected chi connectivity index (χ2v) is 6.46. The molecule has 1 aliphatic heterocycles. The van der Waals surface area contributed by atoms with Gasteiger partial charge in [0.2, 0.25) is 5.95 Å². The lowest BCUT2D eigenvalue weighted by atomic mass is 10.2. The normalized spacial score (nSPS) is 15.6. The molecule has 0 radical (unpaired) electrons. The highest BCUT2D eigenvalue weighted by Gasteiger charge is 2.19. The molecule has 0 unspecified atom stereocenters. The summed E-state index contributed by atoms with van der Waals surface area (Å²) < 4.78 is 13.3. The molecule has 0 bridgehead atoms. The Bertz CT molecular complexity index is 696. The van der Waals surface area contributed by atoms with Gasteiger partial charge in [-0.1, -0.05) is 12.1 Å². The Balaban J connectivity index is 1.63. The number of halogens is 1. The molecule has 2 aromatic rings. The predicted octanol–water partition coefficient (Wildman–Crippen LogP) is 2.31. The topological polar surface area (TPSA) is 35.5 Å². The zero-order valence-corrected chi connectivity index (χ0v) is 14.5. The summed E-state index contributed by atoms with van der Waals surface area (Å²) in [4.78, 5) is 15.7. The van der Waals surface area contributed by atoms with Gasteiger partial charge in [-0.25, -0.2) is 9.37 Å². The van der Waals surface area contributed by atoms with Crippen LogP contribution in [0.5, 0.6) is 0 Å². The van der Waals surface area contributed by atoms with E-state index in [4.69, 9.17) is 0 Å². The molecule has 1 aliphatic rings. The third-order valence-electron chi connectivity index (χ3n) is 4.22. The second-order valence-electron chi connectivity index (χ2n) is 6.46. The number of hydrogen-bond donors (Lipinski definition) is 0. The minimum Gasteiger partial charge on any atom is -0.354 e. The summed E-state index contributed by atoms with van der Waals surface area (Å²) in [5.41, 5.74) is 2.00. The molecule has 5 nitrogen and oxygen atoms in total. The number of anilines is 2. The Hall–Kier alpha value is -2.21. The molecule has 0 aliphatic carbocycles. The molecule has 1 fully saturated rings. The lowest BCUT2D eigenvalue weighted by Crippen LogP contribution is -2.46. The molecular weight excluding hydrogens is 305 g/mol. The van der Waals surface area contributed by atoms with Crippen LogP contribution in [-0.4, -0.2) is 55.1 Å². The maximum Gasteiger partial charge on any atom is 0.226 e. The number of aromatic nitrogens is 2. The SMILES string of the molecule is Cc1cc(N2CCN(Cc3cccc(F)c3)CC2)nc(N(C)C)n1. The first-order valence-electron chi connectivity index (χ1n) is 8.26. The predicted molar refractivity (Wildman–Crippen MR) is 95.0 cm³/mol. The van der Waals surface area contributed by atoms with Crippen molar-refractivity contribution in [3.8, 4) is 0 Å². The van der Waals surface area contributed by atoms with Crippen LogP contribution in [0.3, 0.4) is 0 Å². The number of aryl methyl sites for hydroxylation is 1. The van der Waals surface area contributed by atoms with E-state index in [-0.39, 0.29) is 5.82 Å². The average Bonchev–Trinajstić information content (AvgIpc) is 2.55. The van der Waals surface area contributed by atoms with Crippen molar-refractivity contribution in [2.75, 3.05) is 50.1 Å². The van der Waals surface area contributed by atoms with Crippen LogP contribution in [0.15, 0.2) is 30.3 Å². The van der Waals surface area contributed by atoms with Gasteiger partial charge in [-0.2, -0.15) is 4.98 Å². The smallest absolute Gasteiger partial charge is 0.226 e. The van der Waals surface area contributed by atoms with Crippen molar-refractivity contribution in [1.82, 2.24) is 14.9 Å². The van der Waals surface area contributed by atoms with Crippen molar-refractivity contribution in [3.63, 3.8) is 0 Å². The van der Waals surface area contributed by atoms with Crippen molar-refractivity contribution in [2.24, 2.45) is 0 Å². The van der Waals surface area contributed by atoms with Gasteiger partial charge in [0.1, 0.15) is 11.6 Å². The molecule has 0 amide bonds. The van der Waals surface area contributed by atoms with Gasteiger partial charge in [0.25, 0.3) is 0 Å². The lowest BCUT2D eigenvalue weighted by molar-refractivity contribution is 0.249. The molecule has 2 heterocycles. The molecule has 1 aromatic heterocycles. The van der Waals surface area contributed by atoms with E-state index in [0.29, 0.717) is 0 Å². The number of rotatable bonds is 4. The third-order valence-corrected chi connectivity index (χ3v) is 4.22. The maximum absolute atomic E-state index is 13.3. The van der Waals surface area contributed by atoms with Crippen LogP contribution in [0.25, 0.3) is 0 Å². The number of hydrogen-bond acceptors (Lipinski definition) is 5. The van der Waals surface area contributed by atoms with Gasteiger partial charge < -0.3 is 9.80 Å². The Morgan fingerprint density at radius 3 is 2.50 bits per heavy atom. The van der Waals surface area contributed by atoms with E-state index in [1.807, 2.05) is 38.1 Å². The largest absolute Gasteiger partial charge is 0.354 e. The summed E-state index contributed by atoms with van der Waals surface area (Å²) in [6, 6.07) is 8.89. The molecule has 3 rings (SSSR count). The minimum atomic E-state index is -0.168. The van der Waals surface area contributed by atoms with Gasteiger partial charge in [0, 0.05) is 58.6 Å². The zero-order valence-electron chi connectivity index (χ0n) is 14.5. The first kappa shape index (κ1) is 16.6. The highest BCUT2D eigenvalue weighted by Crippen LogP contribution is 2.19. The van der Waals surface area contributed by atoms with Crippen LogP contribution in [0, 0.1) is 12.7 Å². The summed E-state index contributed by atoms with van der Waals surface area (Å²) in [5, 5.41) is 0. The molecule has 1 saturated heterocycles. The summed E-state index contributed by atoms with van der Waals surface area (Å²) in [5.74, 6) is 1.56. The standard InChI is InChI=1S/C18H24FN5/c1-14-11-17(21-18(20-14)22(2)3)24-9-7-23(8-10-24)13-15-5-4-6-16(19)12-15/h4-6,11-12H,7-10,13H2,1-3H3. The van der Waals surface area contributed by atoms with E-state index in [1.54, 1.807) is 12.1 Å². The summed E-state index contributed by atoms with van der Waals surface area (Å²) in [6.45, 7) is 6.50. The monoisotopic (exact) mass is 329 g/mol. The molecular formula is C18H24FN5. The van der Waals surface area contributed by atoms with Crippen LogP contribution in [0.2, 0.25) is 0 Å². The van der Waals surface area contributed by atoms with Crippen LogP contribution < -0.4 is 9.80 Å². The van der Waals surface area contributed by atoms with Crippen molar-refractivity contribution in [3.05, 3.63) is 47.4 Å². The Labute approximate surface area is 142 Å². The van der Waals surface area contributed by atoms with E-state index in [1.165, 1.54) is 6.07 Å². The van der Waals surface area contributed by atoms with E-state index in [2.05, 4.69) is 19.8 Å². The second kappa shape index (κ2) is 7.13. The van der Waals surface area contributed by atoms with Crippen molar-refractivity contribution in [2.45, 2.75) is 13.5 Å². The maximum atomic E-state index is 13.3. The average molecular weight is 329 g/mol. The van der Waals surface area contributed by atoms with Gasteiger partial charge in [-0.3, -0.25) is 4.90 Å². The quantitative estimate of drug-likeness (QED) is 0.860. The van der Waals surface area contributed by atoms with Crippen LogP contribution in [0.4, 0.5) is 16.2 Å². The van der Waals surface area contributed by atoms with Crippen molar-refractivity contribution < 1.29 is 4.39 Å². The van der Waals surface area contributed by atoms with E-state index in [0.717, 1.165) is 55.7 Å². The van der Waals surface area contributed by atoms with Gasteiger partial charge in [0.15, 0.2) is 0 Å². The van der Waals surface area contributed by atoms with Crippen LogP contribution in [-0.2, 0) is 6.54 Å². The number of nitrogens with zero attached hydrogens (tertiary/aromatic N) is 5. The van der Waals surface area contributed by atoms with Crippen LogP contribution >= 0.6 is 0 Å². The van der Waals surface area contributed by atoms with E-state index >= 15 is 0 Å². The molecule has 0 atom stereocenters. The summed E-state index contributed by atoms with van der Waals surface area (Å²) in [6.07, 6.45) is 0. The molecule has 0 N–H and O–H groups in total. The molecule has 24 heavy (non-hydrogen) atoms. The van der Waals surface area contributed by atoms with Crippen LogP contribution in [0.1, 0.15) is 11.3 Å². The summed E-state index contributed by atoms with van der Waals surface area (Å²) in [7, 11) is 3.91. The fraction of sp³-hybridized carbons (Fsp3) is 0.444. The first-order chi connectivity index (χ1) is 11.5. The molecule has 0 saturated carbocycles. The van der Waals surface area contributed by atoms with E-state index < -0.39 is 0 Å². The highest BCUT2D eigenvalue weighted by atomic mass is 19.1. The third kappa shape index (κ3) is 4.00. The number of piperazine rings is 1. The summed E-state index contributed by atoms with van der Waals surface area (Å²) >= 11 is 0. The van der Waals surface area contributed by atoms with Gasteiger partial charge in [-0.05, 0) is 24.6 Å². The van der Waals surface area contributed by atoms with Gasteiger partial charge in [-0.15, -0.1) is 0 Å². The fourth-order valence-electron chi connectivity index (χ4n) is 2.93. The fourth-order valence-corrected chi connectivity index (χ4v) is 2.93. The lowest BCUT2D eigenvalue weighted by Gasteiger charge is -2.35. The Morgan fingerprint density at radius 2 is 1.83 bits per heavy atom. The Kier molecular flexibility index (Phi) is 4.94. The molecule has 1 aromatic carbocycles. The molecule has 0 spiro atoms. The van der Waals surface area contributed by atoms with E-state index in [9.17, 15) is 4.39 Å². The first-order valence-corrected chi connectivity index (χ1v) is 8.26.